The lowest BCUT2D eigenvalue weighted by molar-refractivity contribution is 0.0977. The van der Waals surface area contributed by atoms with Crippen LogP contribution in [0, 0.1) is 0 Å². The average molecular weight is 474 g/mol. The molecule has 0 spiro atoms. The summed E-state index contributed by atoms with van der Waals surface area (Å²) < 4.78 is 32.3. The van der Waals surface area contributed by atoms with Gasteiger partial charge >= 0.3 is 0 Å². The van der Waals surface area contributed by atoms with Crippen LogP contribution in [0.1, 0.15) is 23.7 Å². The van der Waals surface area contributed by atoms with Gasteiger partial charge in [-0.3, -0.25) is 10.1 Å². The Hall–Kier alpha value is -3.01. The van der Waals surface area contributed by atoms with Crippen molar-refractivity contribution in [1.82, 2.24) is 9.62 Å². The first-order valence-corrected chi connectivity index (χ1v) is 11.8. The third-order valence-electron chi connectivity index (χ3n) is 4.23. The largest absolute Gasteiger partial charge is 0.494 e. The molecule has 9 heteroatoms. The molecule has 2 aromatic carbocycles. The van der Waals surface area contributed by atoms with Crippen LogP contribution in [0.4, 0.5) is 5.69 Å². The van der Waals surface area contributed by atoms with E-state index in [1.165, 1.54) is 28.6 Å². The quantitative estimate of drug-likeness (QED) is 0.379. The Morgan fingerprint density at radius 2 is 1.66 bits per heavy atom. The zero-order valence-corrected chi connectivity index (χ0v) is 19.5. The average Bonchev–Trinajstić information content (AvgIpc) is 2.78. The predicted molar refractivity (Wildman–Crippen MR) is 132 cm³/mol. The van der Waals surface area contributed by atoms with Gasteiger partial charge in [0.25, 0.3) is 5.91 Å². The molecule has 0 aromatic heterocycles. The van der Waals surface area contributed by atoms with Crippen LogP contribution in [-0.2, 0) is 10.0 Å². The summed E-state index contributed by atoms with van der Waals surface area (Å²) in [6.07, 6.45) is 3.94. The summed E-state index contributed by atoms with van der Waals surface area (Å²) in [7, 11) is -3.68. The summed E-state index contributed by atoms with van der Waals surface area (Å²) in [5, 5.41) is 5.56. The topological polar surface area (TPSA) is 87.7 Å². The van der Waals surface area contributed by atoms with Crippen LogP contribution >= 0.6 is 12.2 Å². The van der Waals surface area contributed by atoms with Crippen LogP contribution in [0.25, 0.3) is 0 Å². The number of benzene rings is 2. The minimum atomic E-state index is -3.68. The zero-order chi connectivity index (χ0) is 23.6. The second kappa shape index (κ2) is 12.1. The van der Waals surface area contributed by atoms with Crippen LogP contribution in [0.15, 0.2) is 78.7 Å². The third-order valence-corrected chi connectivity index (χ3v) is 6.28. The third kappa shape index (κ3) is 7.01. The number of sulfonamides is 1. The van der Waals surface area contributed by atoms with Gasteiger partial charge in [-0.25, -0.2) is 8.42 Å². The van der Waals surface area contributed by atoms with Crippen molar-refractivity contribution >= 4 is 38.9 Å². The first-order valence-electron chi connectivity index (χ1n) is 9.99. The molecule has 0 atom stereocenters. The maximum absolute atomic E-state index is 12.7. The van der Waals surface area contributed by atoms with Crippen LogP contribution in [-0.4, -0.2) is 43.4 Å². The molecule has 0 aliphatic heterocycles. The zero-order valence-electron chi connectivity index (χ0n) is 17.9. The molecule has 2 aromatic rings. The first-order chi connectivity index (χ1) is 15.3. The SMILES string of the molecule is C=CCN(CC=C)S(=O)(=O)c1ccc(NC(=S)NC(=O)c2ccc(OCCC)cc2)cc1. The highest BCUT2D eigenvalue weighted by atomic mass is 32.2. The van der Waals surface area contributed by atoms with Gasteiger partial charge in [0.2, 0.25) is 10.0 Å². The number of carbonyl (C=O) groups is 1. The van der Waals surface area contributed by atoms with Gasteiger partial charge < -0.3 is 10.1 Å². The Balaban J connectivity index is 1.99. The van der Waals surface area contributed by atoms with E-state index in [9.17, 15) is 13.2 Å². The summed E-state index contributed by atoms with van der Waals surface area (Å²) >= 11 is 5.20. The van der Waals surface area contributed by atoms with E-state index in [1.54, 1.807) is 36.4 Å². The van der Waals surface area contributed by atoms with Gasteiger partial charge in [0.15, 0.2) is 5.11 Å². The number of nitrogens with one attached hydrogen (secondary N) is 2. The number of ether oxygens (including phenoxy) is 1. The molecule has 7 nitrogen and oxygen atoms in total. The molecule has 32 heavy (non-hydrogen) atoms. The fourth-order valence-corrected chi connectivity index (χ4v) is 4.27. The van der Waals surface area contributed by atoms with E-state index in [0.717, 1.165) is 6.42 Å². The molecule has 2 N–H and O–H groups in total. The second-order valence-electron chi connectivity index (χ2n) is 6.70. The van der Waals surface area contributed by atoms with E-state index >= 15 is 0 Å². The van der Waals surface area contributed by atoms with E-state index in [1.807, 2.05) is 6.92 Å². The number of hydrogen-bond donors (Lipinski definition) is 2. The lowest BCUT2D eigenvalue weighted by Gasteiger charge is -2.19. The van der Waals surface area contributed by atoms with Gasteiger partial charge in [-0.1, -0.05) is 19.1 Å². The number of nitrogens with zero attached hydrogens (tertiary/aromatic N) is 1. The molecule has 0 aliphatic carbocycles. The van der Waals surface area contributed by atoms with Crippen LogP contribution in [0.3, 0.4) is 0 Å². The monoisotopic (exact) mass is 473 g/mol. The van der Waals surface area contributed by atoms with E-state index in [0.29, 0.717) is 23.6 Å². The Bertz CT molecular complexity index is 1040. The van der Waals surface area contributed by atoms with Gasteiger partial charge in [-0.05, 0) is 67.2 Å². The van der Waals surface area contributed by atoms with E-state index in [4.69, 9.17) is 17.0 Å². The van der Waals surface area contributed by atoms with Crippen LogP contribution in [0.5, 0.6) is 5.75 Å². The summed E-state index contributed by atoms with van der Waals surface area (Å²) in [6, 6.07) is 12.8. The van der Waals surface area contributed by atoms with Crippen LogP contribution in [0.2, 0.25) is 0 Å². The standard InChI is InChI=1S/C23H27N3O4S2/c1-4-15-26(16-5-2)32(28,29)21-13-9-19(10-14-21)24-23(31)25-22(27)18-7-11-20(12-8-18)30-17-6-3/h4-5,7-14H,1-2,6,15-17H2,3H3,(H2,24,25,27,31). The second-order valence-corrected chi connectivity index (χ2v) is 9.05. The van der Waals surface area contributed by atoms with Gasteiger partial charge in [-0.15, -0.1) is 13.2 Å². The van der Waals surface area contributed by atoms with Crippen molar-refractivity contribution in [1.29, 1.82) is 0 Å². The van der Waals surface area contributed by atoms with Crippen molar-refractivity contribution in [2.24, 2.45) is 0 Å². The molecule has 0 bridgehead atoms. The fourth-order valence-electron chi connectivity index (χ4n) is 2.68. The van der Waals surface area contributed by atoms with Crippen molar-refractivity contribution in [2.75, 3.05) is 25.0 Å². The summed E-state index contributed by atoms with van der Waals surface area (Å²) in [6.45, 7) is 10.2. The Morgan fingerprint density at radius 3 is 2.19 bits per heavy atom. The molecule has 0 fully saturated rings. The molecule has 0 saturated carbocycles. The number of amides is 1. The Labute approximate surface area is 194 Å². The normalized spacial score (nSPS) is 10.9. The van der Waals surface area contributed by atoms with E-state index in [2.05, 4.69) is 23.8 Å². The van der Waals surface area contributed by atoms with E-state index < -0.39 is 10.0 Å². The molecule has 170 valence electrons. The minimum absolute atomic E-state index is 0.0943. The molecule has 0 aliphatic rings. The number of thiocarbonyl (C=S) groups is 1. The maximum Gasteiger partial charge on any atom is 0.257 e. The van der Waals surface area contributed by atoms with Gasteiger partial charge in [0.05, 0.1) is 11.5 Å². The number of anilines is 1. The molecule has 0 saturated heterocycles. The molecule has 0 heterocycles. The molecular formula is C23H27N3O4S2. The summed E-state index contributed by atoms with van der Waals surface area (Å²) in [5.74, 6) is 0.326. The van der Waals surface area contributed by atoms with Crippen molar-refractivity contribution in [3.63, 3.8) is 0 Å². The predicted octanol–water partition coefficient (Wildman–Crippen LogP) is 3.96. The molecular weight excluding hydrogens is 446 g/mol. The lowest BCUT2D eigenvalue weighted by atomic mass is 10.2. The summed E-state index contributed by atoms with van der Waals surface area (Å²) in [4.78, 5) is 12.5. The lowest BCUT2D eigenvalue weighted by Crippen LogP contribution is -2.34. The van der Waals surface area contributed by atoms with Gasteiger partial charge in [0, 0.05) is 24.3 Å². The number of hydrogen-bond acceptors (Lipinski definition) is 5. The molecule has 1 amide bonds. The van der Waals surface area contributed by atoms with Crippen molar-refractivity contribution in [3.05, 3.63) is 79.4 Å². The first kappa shape index (κ1) is 25.3. The van der Waals surface area contributed by atoms with Gasteiger partial charge in [-0.2, -0.15) is 4.31 Å². The van der Waals surface area contributed by atoms with Crippen molar-refractivity contribution in [2.45, 2.75) is 18.2 Å². The minimum Gasteiger partial charge on any atom is -0.494 e. The molecule has 2 rings (SSSR count). The molecule has 0 unspecified atom stereocenters. The highest BCUT2D eigenvalue weighted by Crippen LogP contribution is 2.19. The van der Waals surface area contributed by atoms with Crippen LogP contribution < -0.4 is 15.4 Å². The van der Waals surface area contributed by atoms with Crippen molar-refractivity contribution < 1.29 is 17.9 Å². The Kier molecular flexibility index (Phi) is 9.58. The van der Waals surface area contributed by atoms with E-state index in [-0.39, 0.29) is 29.0 Å². The maximum atomic E-state index is 12.7. The highest BCUT2D eigenvalue weighted by Gasteiger charge is 2.22. The summed E-state index contributed by atoms with van der Waals surface area (Å²) in [5.41, 5.74) is 0.973. The van der Waals surface area contributed by atoms with Gasteiger partial charge in [0.1, 0.15) is 5.75 Å². The molecule has 0 radical (unpaired) electrons. The highest BCUT2D eigenvalue weighted by molar-refractivity contribution is 7.89. The number of carbonyl (C=O) groups excluding carboxylic acids is 1. The smallest absolute Gasteiger partial charge is 0.257 e. The van der Waals surface area contributed by atoms with Crippen molar-refractivity contribution in [3.8, 4) is 5.75 Å². The number of rotatable bonds is 11. The Morgan fingerprint density at radius 1 is 1.06 bits per heavy atom. The fraction of sp³-hybridized carbons (Fsp3) is 0.217.